The molecule has 1 N–H and O–H groups in total. The molecule has 1 aromatic heterocycles. The average Bonchev–Trinajstić information content (AvgIpc) is 2.65. The Hall–Kier alpha value is -1.10. The molecule has 0 spiro atoms. The van der Waals surface area contributed by atoms with Gasteiger partial charge < -0.3 is 14.6 Å². The van der Waals surface area contributed by atoms with Gasteiger partial charge in [0.25, 0.3) is 0 Å². The Balaban J connectivity index is 2.17. The van der Waals surface area contributed by atoms with Crippen LogP contribution in [0.25, 0.3) is 0 Å². The van der Waals surface area contributed by atoms with Crippen LogP contribution in [-0.4, -0.2) is 29.4 Å². The average molecular weight is 227 g/mol. The van der Waals surface area contributed by atoms with Crippen molar-refractivity contribution < 1.29 is 9.26 Å². The normalized spacial score (nSPS) is 11.4. The van der Waals surface area contributed by atoms with Crippen LogP contribution in [0.4, 0.5) is 6.01 Å². The van der Waals surface area contributed by atoms with Crippen LogP contribution in [-0.2, 0) is 4.74 Å². The van der Waals surface area contributed by atoms with Crippen molar-refractivity contribution in [2.75, 3.05) is 18.5 Å². The van der Waals surface area contributed by atoms with Crippen molar-refractivity contribution in [2.24, 2.45) is 0 Å². The van der Waals surface area contributed by atoms with E-state index in [1.807, 2.05) is 27.7 Å². The highest BCUT2D eigenvalue weighted by Crippen LogP contribution is 2.12. The molecule has 0 saturated heterocycles. The summed E-state index contributed by atoms with van der Waals surface area (Å²) in [5.41, 5.74) is 0. The van der Waals surface area contributed by atoms with Crippen LogP contribution >= 0.6 is 0 Å². The van der Waals surface area contributed by atoms with Gasteiger partial charge >= 0.3 is 6.01 Å². The molecule has 5 heteroatoms. The molecule has 1 rings (SSSR count). The van der Waals surface area contributed by atoms with Gasteiger partial charge in [-0.3, -0.25) is 0 Å². The van der Waals surface area contributed by atoms with E-state index < -0.39 is 0 Å². The number of nitrogens with one attached hydrogen (secondary N) is 1. The van der Waals surface area contributed by atoms with Crippen LogP contribution in [0.5, 0.6) is 0 Å². The summed E-state index contributed by atoms with van der Waals surface area (Å²) in [5, 5.41) is 6.94. The lowest BCUT2D eigenvalue weighted by Crippen LogP contribution is -2.09. The van der Waals surface area contributed by atoms with E-state index in [4.69, 9.17) is 9.26 Å². The van der Waals surface area contributed by atoms with Gasteiger partial charge in [-0.05, 0) is 20.3 Å². The molecule has 1 aromatic rings. The van der Waals surface area contributed by atoms with E-state index in [2.05, 4.69) is 15.5 Å². The number of hydrogen-bond acceptors (Lipinski definition) is 5. The molecule has 0 saturated carbocycles. The highest BCUT2D eigenvalue weighted by atomic mass is 16.5. The van der Waals surface area contributed by atoms with Gasteiger partial charge in [0.1, 0.15) is 0 Å². The van der Waals surface area contributed by atoms with Gasteiger partial charge in [-0.25, -0.2) is 0 Å². The molecule has 0 unspecified atom stereocenters. The van der Waals surface area contributed by atoms with E-state index in [1.165, 1.54) is 0 Å². The maximum absolute atomic E-state index is 5.42. The molecule has 0 radical (unpaired) electrons. The maximum atomic E-state index is 5.42. The number of hydrogen-bond donors (Lipinski definition) is 1. The van der Waals surface area contributed by atoms with Gasteiger partial charge in [0.15, 0.2) is 5.82 Å². The molecule has 0 amide bonds. The fourth-order valence-electron chi connectivity index (χ4n) is 1.13. The third-order valence-corrected chi connectivity index (χ3v) is 2.01. The zero-order valence-corrected chi connectivity index (χ0v) is 10.5. The molecule has 0 aliphatic rings. The van der Waals surface area contributed by atoms with Crippen LogP contribution in [0.3, 0.4) is 0 Å². The Morgan fingerprint density at radius 2 is 2.06 bits per heavy atom. The highest BCUT2D eigenvalue weighted by molar-refractivity contribution is 5.18. The first-order chi connectivity index (χ1) is 7.59. The summed E-state index contributed by atoms with van der Waals surface area (Å²) in [4.78, 5) is 4.21. The number of nitrogens with zero attached hydrogens (tertiary/aromatic N) is 2. The van der Waals surface area contributed by atoms with Crippen molar-refractivity contribution >= 4 is 6.01 Å². The van der Waals surface area contributed by atoms with E-state index in [0.717, 1.165) is 25.4 Å². The Morgan fingerprint density at radius 3 is 2.62 bits per heavy atom. The molecule has 0 fully saturated rings. The second-order valence-corrected chi connectivity index (χ2v) is 4.31. The molecule has 0 aromatic carbocycles. The van der Waals surface area contributed by atoms with Gasteiger partial charge in [0.05, 0.1) is 6.10 Å². The van der Waals surface area contributed by atoms with Crippen LogP contribution in [0.15, 0.2) is 4.52 Å². The minimum absolute atomic E-state index is 0.288. The zero-order valence-electron chi connectivity index (χ0n) is 10.5. The summed E-state index contributed by atoms with van der Waals surface area (Å²) in [7, 11) is 0. The Morgan fingerprint density at radius 1 is 1.31 bits per heavy atom. The lowest BCUT2D eigenvalue weighted by Gasteiger charge is -2.06. The molecule has 0 atom stereocenters. The van der Waals surface area contributed by atoms with Crippen molar-refractivity contribution in [3.63, 3.8) is 0 Å². The van der Waals surface area contributed by atoms with Crippen LogP contribution in [0, 0.1) is 0 Å². The molecule has 16 heavy (non-hydrogen) atoms. The summed E-state index contributed by atoms with van der Waals surface area (Å²) in [5.74, 6) is 1.03. The summed E-state index contributed by atoms with van der Waals surface area (Å²) in [6, 6.07) is 0.494. The largest absolute Gasteiger partial charge is 0.379 e. The van der Waals surface area contributed by atoms with Gasteiger partial charge in [-0.15, -0.1) is 0 Å². The van der Waals surface area contributed by atoms with E-state index in [0.29, 0.717) is 11.9 Å². The Bertz CT molecular complexity index is 297. The summed E-state index contributed by atoms with van der Waals surface area (Å²) in [6.07, 6.45) is 1.22. The van der Waals surface area contributed by atoms with E-state index in [9.17, 15) is 0 Å². The minimum atomic E-state index is 0.288. The molecular weight excluding hydrogens is 206 g/mol. The third kappa shape index (κ3) is 4.61. The van der Waals surface area contributed by atoms with E-state index in [-0.39, 0.29) is 6.10 Å². The monoisotopic (exact) mass is 227 g/mol. The predicted molar refractivity (Wildman–Crippen MR) is 62.6 cm³/mol. The first-order valence-electron chi connectivity index (χ1n) is 5.78. The molecule has 0 bridgehead atoms. The summed E-state index contributed by atoms with van der Waals surface area (Å²) < 4.78 is 10.5. The van der Waals surface area contributed by atoms with Gasteiger partial charge in [-0.1, -0.05) is 19.0 Å². The second-order valence-electron chi connectivity index (χ2n) is 4.31. The van der Waals surface area contributed by atoms with Crippen molar-refractivity contribution in [2.45, 2.75) is 46.1 Å². The quantitative estimate of drug-likeness (QED) is 0.725. The fraction of sp³-hybridized carbons (Fsp3) is 0.818. The van der Waals surface area contributed by atoms with Gasteiger partial charge in [0.2, 0.25) is 0 Å². The molecule has 5 nitrogen and oxygen atoms in total. The molecule has 0 aliphatic carbocycles. The second kappa shape index (κ2) is 6.48. The standard InChI is InChI=1S/C11H21N3O2/c1-8(2)10-13-11(16-14-10)12-6-5-7-15-9(3)4/h8-9H,5-7H2,1-4H3,(H,12,13,14). The first-order valence-corrected chi connectivity index (χ1v) is 5.78. The van der Waals surface area contributed by atoms with Crippen LogP contribution < -0.4 is 5.32 Å². The number of rotatable bonds is 7. The summed E-state index contributed by atoms with van der Waals surface area (Å²) >= 11 is 0. The van der Waals surface area contributed by atoms with Crippen molar-refractivity contribution in [1.82, 2.24) is 10.1 Å². The first kappa shape index (κ1) is 13.0. The minimum Gasteiger partial charge on any atom is -0.379 e. The van der Waals surface area contributed by atoms with Gasteiger partial charge in [0, 0.05) is 19.1 Å². The molecule has 1 heterocycles. The third-order valence-electron chi connectivity index (χ3n) is 2.01. The fourth-order valence-corrected chi connectivity index (χ4v) is 1.13. The van der Waals surface area contributed by atoms with Gasteiger partial charge in [-0.2, -0.15) is 4.98 Å². The lowest BCUT2D eigenvalue weighted by molar-refractivity contribution is 0.0786. The number of aromatic nitrogens is 2. The van der Waals surface area contributed by atoms with E-state index >= 15 is 0 Å². The topological polar surface area (TPSA) is 60.2 Å². The number of ether oxygens (including phenoxy) is 1. The zero-order chi connectivity index (χ0) is 12.0. The van der Waals surface area contributed by atoms with Crippen molar-refractivity contribution in [3.05, 3.63) is 5.82 Å². The SMILES string of the molecule is CC(C)OCCCNc1nc(C(C)C)no1. The lowest BCUT2D eigenvalue weighted by atomic mass is 10.2. The number of anilines is 1. The smallest absolute Gasteiger partial charge is 0.321 e. The highest BCUT2D eigenvalue weighted by Gasteiger charge is 2.08. The molecule has 0 aliphatic heterocycles. The van der Waals surface area contributed by atoms with Crippen molar-refractivity contribution in [1.29, 1.82) is 0 Å². The van der Waals surface area contributed by atoms with Crippen LogP contribution in [0.2, 0.25) is 0 Å². The van der Waals surface area contributed by atoms with E-state index in [1.54, 1.807) is 0 Å². The van der Waals surface area contributed by atoms with Crippen molar-refractivity contribution in [3.8, 4) is 0 Å². The molecule has 92 valence electrons. The summed E-state index contributed by atoms with van der Waals surface area (Å²) in [6.45, 7) is 9.65. The Labute approximate surface area is 96.6 Å². The Kier molecular flexibility index (Phi) is 5.25. The maximum Gasteiger partial charge on any atom is 0.321 e. The van der Waals surface area contributed by atoms with Crippen LogP contribution in [0.1, 0.15) is 45.9 Å². The molecular formula is C11H21N3O2. The predicted octanol–water partition coefficient (Wildman–Crippen LogP) is 2.42.